The number of pyridine rings is 2. The van der Waals surface area contributed by atoms with Gasteiger partial charge in [-0.2, -0.15) is 18.4 Å². The van der Waals surface area contributed by atoms with E-state index in [0.717, 1.165) is 49.5 Å². The molecule has 2 saturated heterocycles. The van der Waals surface area contributed by atoms with E-state index in [9.17, 15) is 18.0 Å². The lowest BCUT2D eigenvalue weighted by atomic mass is 9.75. The van der Waals surface area contributed by atoms with Crippen LogP contribution in [0.25, 0.3) is 0 Å². The molecule has 188 valence electrons. The average molecular weight is 499 g/mol. The highest BCUT2D eigenvalue weighted by molar-refractivity contribution is 6.10. The number of amides is 1. The summed E-state index contributed by atoms with van der Waals surface area (Å²) in [5.41, 5.74) is -2.37. The first-order chi connectivity index (χ1) is 17.1. The summed E-state index contributed by atoms with van der Waals surface area (Å²) in [5.74, 6) is 0.324. The summed E-state index contributed by atoms with van der Waals surface area (Å²) in [6, 6.07) is 5.77. The third-order valence-electron chi connectivity index (χ3n) is 7.20. The summed E-state index contributed by atoms with van der Waals surface area (Å²) in [6.45, 7) is 5.96. The Morgan fingerprint density at radius 2 is 1.86 bits per heavy atom. The van der Waals surface area contributed by atoms with E-state index in [1.165, 1.54) is 6.07 Å². The SMILES string of the molecule is C=C1N(c2cnc(C#N)c(C(F)(F)F)c2)C(=O)C2(CCC2)N1c1ccc(OC2CCN(C)CC2)nc1. The lowest BCUT2D eigenvalue weighted by Crippen LogP contribution is -2.54. The van der Waals surface area contributed by atoms with E-state index in [4.69, 9.17) is 10.00 Å². The van der Waals surface area contributed by atoms with Gasteiger partial charge < -0.3 is 14.5 Å². The van der Waals surface area contributed by atoms with E-state index < -0.39 is 23.0 Å². The second-order valence-electron chi connectivity index (χ2n) is 9.45. The number of ether oxygens (including phenoxy) is 1. The Morgan fingerprint density at radius 1 is 1.17 bits per heavy atom. The van der Waals surface area contributed by atoms with E-state index >= 15 is 0 Å². The Balaban J connectivity index is 1.43. The highest BCUT2D eigenvalue weighted by Crippen LogP contribution is 2.50. The molecular formula is C25H25F3N6O2. The minimum Gasteiger partial charge on any atom is -0.474 e. The monoisotopic (exact) mass is 498 g/mol. The predicted molar refractivity (Wildman–Crippen MR) is 125 cm³/mol. The van der Waals surface area contributed by atoms with Crippen molar-refractivity contribution in [2.24, 2.45) is 0 Å². The second kappa shape index (κ2) is 8.78. The number of nitrogens with zero attached hydrogens (tertiary/aromatic N) is 6. The normalized spacial score (nSPS) is 20.5. The van der Waals surface area contributed by atoms with Gasteiger partial charge in [-0.05, 0) is 51.3 Å². The summed E-state index contributed by atoms with van der Waals surface area (Å²) in [5, 5.41) is 9.06. The number of rotatable bonds is 4. The maximum Gasteiger partial charge on any atom is 0.419 e. The van der Waals surface area contributed by atoms with Gasteiger partial charge in [-0.15, -0.1) is 0 Å². The number of carbonyl (C=O) groups excluding carboxylic acids is 1. The first kappa shape index (κ1) is 24.1. The van der Waals surface area contributed by atoms with Crippen LogP contribution < -0.4 is 14.5 Å². The maximum atomic E-state index is 13.6. The van der Waals surface area contributed by atoms with Crippen molar-refractivity contribution in [3.8, 4) is 11.9 Å². The number of hydrogen-bond donors (Lipinski definition) is 0. The third-order valence-corrected chi connectivity index (χ3v) is 7.20. The molecule has 3 fully saturated rings. The molecule has 0 bridgehead atoms. The zero-order chi connectivity index (χ0) is 25.7. The average Bonchev–Trinajstić information content (AvgIpc) is 3.07. The first-order valence-electron chi connectivity index (χ1n) is 11.8. The smallest absolute Gasteiger partial charge is 0.419 e. The molecular weight excluding hydrogens is 473 g/mol. The van der Waals surface area contributed by atoms with E-state index in [-0.39, 0.29) is 23.5 Å². The van der Waals surface area contributed by atoms with E-state index in [1.807, 2.05) is 0 Å². The first-order valence-corrected chi connectivity index (χ1v) is 11.8. The molecule has 3 aliphatic rings. The molecule has 36 heavy (non-hydrogen) atoms. The number of likely N-dealkylation sites (tertiary alicyclic amines) is 1. The number of carbonyl (C=O) groups is 1. The Bertz CT molecular complexity index is 1230. The maximum absolute atomic E-state index is 13.6. The lowest BCUT2D eigenvalue weighted by molar-refractivity contribution is -0.138. The van der Waals surface area contributed by atoms with Gasteiger partial charge in [-0.1, -0.05) is 6.58 Å². The van der Waals surface area contributed by atoms with Crippen molar-refractivity contribution in [3.05, 3.63) is 54.3 Å². The largest absolute Gasteiger partial charge is 0.474 e. The zero-order valence-electron chi connectivity index (χ0n) is 19.8. The standard InChI is InChI=1S/C25H25F3N6O2/c1-16-33(18-12-20(25(26,27)28)21(13-29)30-15-18)23(35)24(8-3-9-24)34(16)17-4-5-22(31-14-17)36-19-6-10-32(2)11-7-19/h4-5,12,14-15,19H,1,3,6-11H2,2H3. The third kappa shape index (κ3) is 3.95. The van der Waals surface area contributed by atoms with Gasteiger partial charge >= 0.3 is 6.18 Å². The lowest BCUT2D eigenvalue weighted by Gasteiger charge is -2.43. The second-order valence-corrected chi connectivity index (χ2v) is 9.45. The fourth-order valence-electron chi connectivity index (χ4n) is 5.11. The van der Waals surface area contributed by atoms with E-state index in [0.29, 0.717) is 24.4 Å². The molecule has 5 rings (SSSR count). The Hall–Kier alpha value is -3.65. The molecule has 0 unspecified atom stereocenters. The highest BCUT2D eigenvalue weighted by Gasteiger charge is 2.59. The van der Waals surface area contributed by atoms with Crippen molar-refractivity contribution < 1.29 is 22.7 Å². The summed E-state index contributed by atoms with van der Waals surface area (Å²) < 4.78 is 46.6. The molecule has 4 heterocycles. The van der Waals surface area contributed by atoms with Gasteiger partial charge in [-0.25, -0.2) is 9.97 Å². The van der Waals surface area contributed by atoms with Crippen LogP contribution in [0.15, 0.2) is 43.0 Å². The summed E-state index contributed by atoms with van der Waals surface area (Å²) in [6.07, 6.45) is 1.68. The number of alkyl halides is 3. The van der Waals surface area contributed by atoms with Gasteiger partial charge in [0.15, 0.2) is 5.69 Å². The molecule has 1 saturated carbocycles. The van der Waals surface area contributed by atoms with Gasteiger partial charge in [0.2, 0.25) is 5.88 Å². The number of aromatic nitrogens is 2. The van der Waals surface area contributed by atoms with Crippen LogP contribution in [0.1, 0.15) is 43.4 Å². The molecule has 1 amide bonds. The van der Waals surface area contributed by atoms with Crippen LogP contribution >= 0.6 is 0 Å². The summed E-state index contributed by atoms with van der Waals surface area (Å²) >= 11 is 0. The Labute approximate surface area is 206 Å². The van der Waals surface area contributed by atoms with Crippen LogP contribution in [0.4, 0.5) is 24.5 Å². The molecule has 8 nitrogen and oxygen atoms in total. The molecule has 1 spiro atoms. The highest BCUT2D eigenvalue weighted by atomic mass is 19.4. The van der Waals surface area contributed by atoms with Crippen molar-refractivity contribution in [1.29, 1.82) is 5.26 Å². The minimum absolute atomic E-state index is 0.0831. The van der Waals surface area contributed by atoms with Crippen molar-refractivity contribution in [2.45, 2.75) is 49.9 Å². The van der Waals surface area contributed by atoms with E-state index in [2.05, 4.69) is 28.5 Å². The van der Waals surface area contributed by atoms with Gasteiger partial charge in [-0.3, -0.25) is 9.69 Å². The van der Waals surface area contributed by atoms with Crippen molar-refractivity contribution in [3.63, 3.8) is 0 Å². The summed E-state index contributed by atoms with van der Waals surface area (Å²) in [7, 11) is 2.07. The molecule has 0 atom stereocenters. The number of piperidine rings is 1. The van der Waals surface area contributed by atoms with Crippen molar-refractivity contribution >= 4 is 17.3 Å². The van der Waals surface area contributed by atoms with Crippen LogP contribution in [-0.2, 0) is 11.0 Å². The number of nitriles is 1. The van der Waals surface area contributed by atoms with Gasteiger partial charge in [0, 0.05) is 19.2 Å². The number of halogens is 3. The molecule has 0 radical (unpaired) electrons. The molecule has 0 N–H and O–H groups in total. The van der Waals surface area contributed by atoms with Crippen LogP contribution in [0.3, 0.4) is 0 Å². The zero-order valence-corrected chi connectivity index (χ0v) is 19.8. The molecule has 2 aliphatic heterocycles. The van der Waals surface area contributed by atoms with Gasteiger partial charge in [0.1, 0.15) is 23.5 Å². The minimum atomic E-state index is -4.79. The molecule has 0 aromatic carbocycles. The van der Waals surface area contributed by atoms with Crippen LogP contribution in [0, 0.1) is 11.3 Å². The number of anilines is 2. The molecule has 2 aromatic rings. The quantitative estimate of drug-likeness (QED) is 0.628. The van der Waals surface area contributed by atoms with Crippen molar-refractivity contribution in [1.82, 2.24) is 14.9 Å². The van der Waals surface area contributed by atoms with Crippen LogP contribution in [0.2, 0.25) is 0 Å². The molecule has 1 aliphatic carbocycles. The fourth-order valence-corrected chi connectivity index (χ4v) is 5.11. The van der Waals surface area contributed by atoms with Gasteiger partial charge in [0.05, 0.1) is 29.3 Å². The van der Waals surface area contributed by atoms with Crippen LogP contribution in [-0.4, -0.2) is 52.6 Å². The fraction of sp³-hybridized carbons (Fsp3) is 0.440. The molecule has 2 aromatic heterocycles. The van der Waals surface area contributed by atoms with Crippen LogP contribution in [0.5, 0.6) is 5.88 Å². The topological polar surface area (TPSA) is 85.6 Å². The van der Waals surface area contributed by atoms with E-state index in [1.54, 1.807) is 23.2 Å². The predicted octanol–water partition coefficient (Wildman–Crippen LogP) is 4.09. The Kier molecular flexibility index (Phi) is 5.87. The Morgan fingerprint density at radius 3 is 2.42 bits per heavy atom. The number of hydrogen-bond acceptors (Lipinski definition) is 7. The van der Waals surface area contributed by atoms with Crippen molar-refractivity contribution in [2.75, 3.05) is 29.9 Å². The summed E-state index contributed by atoms with van der Waals surface area (Å²) in [4.78, 5) is 26.8. The molecule has 11 heteroatoms. The van der Waals surface area contributed by atoms with Gasteiger partial charge in [0.25, 0.3) is 5.91 Å².